The molecule has 0 atom stereocenters. The number of amides is 2. The number of aromatic nitrogens is 3. The number of nitrogens with zero attached hydrogens (tertiary/aromatic N) is 3. The van der Waals surface area contributed by atoms with Crippen molar-refractivity contribution in [1.82, 2.24) is 25.0 Å². The van der Waals surface area contributed by atoms with E-state index < -0.39 is 23.4 Å². The predicted octanol–water partition coefficient (Wildman–Crippen LogP) is 4.86. The van der Waals surface area contributed by atoms with Crippen LogP contribution >= 0.6 is 0 Å². The van der Waals surface area contributed by atoms with Gasteiger partial charge in [-0.05, 0) is 63.2 Å². The van der Waals surface area contributed by atoms with Crippen molar-refractivity contribution in [3.63, 3.8) is 0 Å². The summed E-state index contributed by atoms with van der Waals surface area (Å²) in [4.78, 5) is 24.4. The summed E-state index contributed by atoms with van der Waals surface area (Å²) in [7, 11) is 1.76. The molecule has 262 valence electrons. The number of alkyl halides is 3. The van der Waals surface area contributed by atoms with Crippen LogP contribution in [0.15, 0.2) is 48.7 Å². The summed E-state index contributed by atoms with van der Waals surface area (Å²) in [5.74, 6) is -0.281. The number of carbonyl (C=O) groups is 2. The first-order chi connectivity index (χ1) is 22.8. The summed E-state index contributed by atoms with van der Waals surface area (Å²) >= 11 is 0. The average molecular weight is 678 g/mol. The van der Waals surface area contributed by atoms with E-state index >= 15 is 0 Å². The number of benzene rings is 2. The normalized spacial score (nSPS) is 12.1. The number of alkyl carbamates (subject to hydrolysis) is 1. The molecule has 4 rings (SSSR count). The molecule has 4 aromatic rings. The maximum absolute atomic E-state index is 13.1. The molecule has 0 radical (unpaired) electrons. The second-order valence-corrected chi connectivity index (χ2v) is 11.8. The Kier molecular flexibility index (Phi) is 12.8. The summed E-state index contributed by atoms with van der Waals surface area (Å²) in [5, 5.41) is 11.5. The zero-order valence-electron chi connectivity index (χ0n) is 27.5. The summed E-state index contributed by atoms with van der Waals surface area (Å²) in [6.07, 6.45) is -3.10. The average Bonchev–Trinajstić information content (AvgIpc) is 3.53. The van der Waals surface area contributed by atoms with Crippen molar-refractivity contribution in [3.05, 3.63) is 59.8 Å². The molecule has 0 aliphatic carbocycles. The number of hydrogen-bond donors (Lipinski definition) is 2. The number of ether oxygens (including phenoxy) is 5. The maximum atomic E-state index is 13.1. The van der Waals surface area contributed by atoms with Crippen LogP contribution < -0.4 is 10.6 Å². The molecule has 0 spiro atoms. The van der Waals surface area contributed by atoms with Crippen LogP contribution in [0.5, 0.6) is 0 Å². The first kappa shape index (κ1) is 36.7. The molecule has 2 amide bonds. The quantitative estimate of drug-likeness (QED) is 0.152. The van der Waals surface area contributed by atoms with E-state index in [1.54, 1.807) is 55.3 Å². The monoisotopic (exact) mass is 677 g/mol. The summed E-state index contributed by atoms with van der Waals surface area (Å²) in [6, 6.07) is 10.1. The Balaban J connectivity index is 1.11. The van der Waals surface area contributed by atoms with Gasteiger partial charge in [0.05, 0.1) is 63.9 Å². The first-order valence-corrected chi connectivity index (χ1v) is 15.5. The zero-order chi connectivity index (χ0) is 34.7. The Morgan fingerprint density at radius 3 is 1.90 bits per heavy atom. The third-order valence-corrected chi connectivity index (χ3v) is 6.83. The van der Waals surface area contributed by atoms with Crippen molar-refractivity contribution in [1.29, 1.82) is 0 Å². The molecule has 2 N–H and O–H groups in total. The Labute approximate surface area is 276 Å². The molecule has 0 saturated heterocycles. The van der Waals surface area contributed by atoms with E-state index in [4.69, 9.17) is 23.7 Å². The fourth-order valence-corrected chi connectivity index (χ4v) is 4.73. The molecule has 15 heteroatoms. The van der Waals surface area contributed by atoms with Gasteiger partial charge in [-0.1, -0.05) is 0 Å². The maximum Gasteiger partial charge on any atom is 0.416 e. The lowest BCUT2D eigenvalue weighted by Gasteiger charge is -2.19. The van der Waals surface area contributed by atoms with Crippen molar-refractivity contribution >= 4 is 33.9 Å². The second-order valence-electron chi connectivity index (χ2n) is 11.8. The van der Waals surface area contributed by atoms with Gasteiger partial charge in [-0.3, -0.25) is 14.0 Å². The minimum atomic E-state index is -4.43. The summed E-state index contributed by atoms with van der Waals surface area (Å²) < 4.78 is 69.7. The van der Waals surface area contributed by atoms with Crippen LogP contribution in [0.2, 0.25) is 0 Å². The van der Waals surface area contributed by atoms with Crippen molar-refractivity contribution in [2.24, 2.45) is 7.05 Å². The minimum Gasteiger partial charge on any atom is -0.444 e. The SMILES string of the molecule is Cn1cc2c3cc(C(=O)NCCOCCOCCOCCOCCNC(=O)OC(C)(C)C)ccc3n(-c3ccc(C(F)(F)F)cc3)c2n1. The molecule has 2 heterocycles. The largest absolute Gasteiger partial charge is 0.444 e. The molecular formula is C33H42F3N5O7. The third-order valence-electron chi connectivity index (χ3n) is 6.83. The lowest BCUT2D eigenvalue weighted by atomic mass is 10.1. The van der Waals surface area contributed by atoms with Crippen LogP contribution in [-0.4, -0.2) is 97.9 Å². The molecule has 0 fully saturated rings. The molecule has 0 unspecified atom stereocenters. The highest BCUT2D eigenvalue weighted by atomic mass is 19.4. The van der Waals surface area contributed by atoms with Crippen LogP contribution in [0.1, 0.15) is 36.7 Å². The van der Waals surface area contributed by atoms with Gasteiger partial charge in [-0.25, -0.2) is 4.79 Å². The van der Waals surface area contributed by atoms with Gasteiger partial charge in [0.25, 0.3) is 5.91 Å². The number of fused-ring (bicyclic) bond motifs is 3. The number of rotatable bonds is 17. The van der Waals surface area contributed by atoms with Crippen molar-refractivity contribution < 1.29 is 46.4 Å². The third kappa shape index (κ3) is 10.7. The Hall–Kier alpha value is -4.18. The lowest BCUT2D eigenvalue weighted by molar-refractivity contribution is -0.137. The fourth-order valence-electron chi connectivity index (χ4n) is 4.73. The topological polar surface area (TPSA) is 127 Å². The first-order valence-electron chi connectivity index (χ1n) is 15.5. The van der Waals surface area contributed by atoms with E-state index in [0.29, 0.717) is 82.8 Å². The van der Waals surface area contributed by atoms with Crippen molar-refractivity contribution in [2.75, 3.05) is 65.9 Å². The molecule has 0 aliphatic rings. The lowest BCUT2D eigenvalue weighted by Crippen LogP contribution is -2.34. The van der Waals surface area contributed by atoms with E-state index in [1.165, 1.54) is 12.1 Å². The number of nitrogens with one attached hydrogen (secondary N) is 2. The van der Waals surface area contributed by atoms with Crippen LogP contribution in [0, 0.1) is 0 Å². The highest BCUT2D eigenvalue weighted by molar-refractivity contribution is 6.10. The number of carbonyl (C=O) groups excluding carboxylic acids is 2. The predicted molar refractivity (Wildman–Crippen MR) is 172 cm³/mol. The summed E-state index contributed by atoms with van der Waals surface area (Å²) in [6.45, 7) is 8.99. The molecule has 0 saturated carbocycles. The Morgan fingerprint density at radius 1 is 0.771 bits per heavy atom. The van der Waals surface area contributed by atoms with Gasteiger partial charge < -0.3 is 34.3 Å². The molecular weight excluding hydrogens is 635 g/mol. The van der Waals surface area contributed by atoms with Crippen LogP contribution in [0.25, 0.3) is 27.6 Å². The molecule has 2 aromatic heterocycles. The molecule has 0 aliphatic heterocycles. The fraction of sp³-hybridized carbons (Fsp3) is 0.485. The van der Waals surface area contributed by atoms with Crippen LogP contribution in [0.3, 0.4) is 0 Å². The summed E-state index contributed by atoms with van der Waals surface area (Å²) in [5.41, 5.74) is 0.979. The van der Waals surface area contributed by atoms with E-state index in [-0.39, 0.29) is 5.91 Å². The zero-order valence-corrected chi connectivity index (χ0v) is 27.5. The Bertz CT molecular complexity index is 1650. The van der Waals surface area contributed by atoms with Gasteiger partial charge in [-0.15, -0.1) is 0 Å². The molecule has 0 bridgehead atoms. The van der Waals surface area contributed by atoms with Crippen molar-refractivity contribution in [2.45, 2.75) is 32.5 Å². The number of halogens is 3. The van der Waals surface area contributed by atoms with E-state index in [1.807, 2.05) is 6.20 Å². The van der Waals surface area contributed by atoms with Gasteiger partial charge in [0.1, 0.15) is 5.60 Å². The number of hydrogen-bond acceptors (Lipinski definition) is 8. The van der Waals surface area contributed by atoms with Crippen LogP contribution in [-0.2, 0) is 36.9 Å². The highest BCUT2D eigenvalue weighted by Crippen LogP contribution is 2.34. The van der Waals surface area contributed by atoms with E-state index in [0.717, 1.165) is 28.4 Å². The number of aryl methyl sites for hydroxylation is 1. The highest BCUT2D eigenvalue weighted by Gasteiger charge is 2.30. The van der Waals surface area contributed by atoms with Crippen molar-refractivity contribution in [3.8, 4) is 5.69 Å². The molecule has 2 aromatic carbocycles. The minimum absolute atomic E-state index is 0.281. The van der Waals surface area contributed by atoms with Gasteiger partial charge in [0, 0.05) is 48.4 Å². The van der Waals surface area contributed by atoms with E-state index in [2.05, 4.69) is 15.7 Å². The van der Waals surface area contributed by atoms with E-state index in [9.17, 15) is 22.8 Å². The van der Waals surface area contributed by atoms with Gasteiger partial charge in [0.15, 0.2) is 5.65 Å². The molecule has 48 heavy (non-hydrogen) atoms. The van der Waals surface area contributed by atoms with Gasteiger partial charge in [0.2, 0.25) is 0 Å². The van der Waals surface area contributed by atoms with Gasteiger partial charge in [-0.2, -0.15) is 18.3 Å². The smallest absolute Gasteiger partial charge is 0.416 e. The second kappa shape index (κ2) is 16.8. The molecule has 12 nitrogen and oxygen atoms in total. The standard InChI is InChI=1S/C33H42F3N5O7/c1-32(2,3)48-31(43)38-12-14-45-16-18-47-20-19-46-17-15-44-13-11-37-30(42)23-5-10-28-26(21-23)27-22-40(4)39-29(27)41(28)25-8-6-24(7-9-25)33(34,35)36/h5-10,21-22H,11-20H2,1-4H3,(H,37,42)(H,38,43). The van der Waals surface area contributed by atoms with Gasteiger partial charge >= 0.3 is 12.3 Å². The Morgan fingerprint density at radius 2 is 1.33 bits per heavy atom. The van der Waals surface area contributed by atoms with Crippen LogP contribution in [0.4, 0.5) is 18.0 Å².